The lowest BCUT2D eigenvalue weighted by molar-refractivity contribution is 0.0994. The van der Waals surface area contributed by atoms with Gasteiger partial charge in [-0.25, -0.2) is 8.42 Å². The normalized spacial score (nSPS) is 16.6. The number of sulfonamides is 1. The van der Waals surface area contributed by atoms with Gasteiger partial charge >= 0.3 is 0 Å². The summed E-state index contributed by atoms with van der Waals surface area (Å²) >= 11 is 0. The fraction of sp³-hybridized carbons (Fsp3) is 0.227. The van der Waals surface area contributed by atoms with Crippen LogP contribution in [0.15, 0.2) is 59.5 Å². The lowest BCUT2D eigenvalue weighted by Gasteiger charge is -2.28. The Morgan fingerprint density at radius 3 is 2.54 bits per heavy atom. The van der Waals surface area contributed by atoms with Crippen LogP contribution in [0, 0.1) is 0 Å². The van der Waals surface area contributed by atoms with Crippen LogP contribution in [0.1, 0.15) is 28.4 Å². The molecule has 0 saturated heterocycles. The molecule has 2 aliphatic heterocycles. The van der Waals surface area contributed by atoms with E-state index in [0.717, 1.165) is 16.6 Å². The van der Waals surface area contributed by atoms with Crippen molar-refractivity contribution < 1.29 is 13.2 Å². The van der Waals surface area contributed by atoms with E-state index in [1.54, 1.807) is 39.5 Å². The summed E-state index contributed by atoms with van der Waals surface area (Å²) in [7, 11) is -3.68. The SMILES string of the molecule is CCN1C(=O)c2cccc3c(S(=O)(=O)N4CCc5ccccc5C4)ccc1c23. The molecule has 6 heteroatoms. The van der Waals surface area contributed by atoms with Crippen molar-refractivity contribution in [2.75, 3.05) is 18.0 Å². The summed E-state index contributed by atoms with van der Waals surface area (Å²) in [6.45, 7) is 3.31. The maximum absolute atomic E-state index is 13.5. The minimum absolute atomic E-state index is 0.0652. The van der Waals surface area contributed by atoms with Gasteiger partial charge in [-0.15, -0.1) is 0 Å². The highest BCUT2D eigenvalue weighted by Gasteiger charge is 2.34. The highest BCUT2D eigenvalue weighted by atomic mass is 32.2. The van der Waals surface area contributed by atoms with Crippen molar-refractivity contribution in [1.29, 1.82) is 0 Å². The number of anilines is 1. The molecule has 0 bridgehead atoms. The third-order valence-corrected chi connectivity index (χ3v) is 7.68. The molecule has 5 rings (SSSR count). The number of amides is 1. The summed E-state index contributed by atoms with van der Waals surface area (Å²) in [4.78, 5) is 14.7. The molecule has 0 spiro atoms. The third kappa shape index (κ3) is 2.34. The first-order valence-electron chi connectivity index (χ1n) is 9.47. The van der Waals surface area contributed by atoms with E-state index in [1.807, 2.05) is 25.1 Å². The first kappa shape index (κ1) is 17.4. The molecular formula is C22H20N2O3S. The fourth-order valence-corrected chi connectivity index (χ4v) is 5.98. The second-order valence-corrected chi connectivity index (χ2v) is 9.12. The van der Waals surface area contributed by atoms with E-state index in [2.05, 4.69) is 6.07 Å². The highest BCUT2D eigenvalue weighted by molar-refractivity contribution is 7.89. The van der Waals surface area contributed by atoms with Crippen LogP contribution in [0.3, 0.4) is 0 Å². The number of fused-ring (bicyclic) bond motifs is 1. The van der Waals surface area contributed by atoms with Crippen LogP contribution in [-0.4, -0.2) is 31.7 Å². The standard InChI is InChI=1S/C22H20N2O3S/c1-2-24-19-10-11-20(17-8-5-9-18(21(17)19)22(24)25)28(26,27)23-13-12-15-6-3-4-7-16(15)14-23/h3-11H,2,12-14H2,1H3. The van der Waals surface area contributed by atoms with Crippen molar-refractivity contribution in [1.82, 2.24) is 4.31 Å². The smallest absolute Gasteiger partial charge is 0.258 e. The van der Waals surface area contributed by atoms with Crippen LogP contribution in [0.25, 0.3) is 10.8 Å². The molecule has 3 aromatic rings. The third-order valence-electron chi connectivity index (χ3n) is 5.77. The molecule has 0 fully saturated rings. The molecule has 0 radical (unpaired) electrons. The van der Waals surface area contributed by atoms with Gasteiger partial charge in [0.05, 0.1) is 10.6 Å². The molecule has 1 amide bonds. The predicted molar refractivity (Wildman–Crippen MR) is 109 cm³/mol. The zero-order chi connectivity index (χ0) is 19.5. The van der Waals surface area contributed by atoms with Crippen molar-refractivity contribution in [3.63, 3.8) is 0 Å². The Bertz CT molecular complexity index is 1230. The maximum atomic E-state index is 13.5. The predicted octanol–water partition coefficient (Wildman–Crippen LogP) is 3.57. The Morgan fingerprint density at radius 2 is 1.75 bits per heavy atom. The van der Waals surface area contributed by atoms with Crippen LogP contribution < -0.4 is 4.90 Å². The molecular weight excluding hydrogens is 372 g/mol. The Balaban J connectivity index is 1.65. The van der Waals surface area contributed by atoms with Gasteiger partial charge in [0.15, 0.2) is 0 Å². The molecule has 0 aromatic heterocycles. The second-order valence-electron chi connectivity index (χ2n) is 7.22. The van der Waals surface area contributed by atoms with Gasteiger partial charge in [-0.1, -0.05) is 36.4 Å². The molecule has 0 saturated carbocycles. The topological polar surface area (TPSA) is 57.7 Å². The van der Waals surface area contributed by atoms with E-state index in [-0.39, 0.29) is 10.8 Å². The second kappa shape index (κ2) is 6.15. The number of carbonyl (C=O) groups excluding carboxylic acids is 1. The van der Waals surface area contributed by atoms with Crippen molar-refractivity contribution in [3.8, 4) is 0 Å². The largest absolute Gasteiger partial charge is 0.308 e. The van der Waals surface area contributed by atoms with Gasteiger partial charge < -0.3 is 4.90 Å². The van der Waals surface area contributed by atoms with Crippen molar-refractivity contribution in [2.24, 2.45) is 0 Å². The monoisotopic (exact) mass is 392 g/mol. The molecule has 0 N–H and O–H groups in total. The molecule has 0 aliphatic carbocycles. The van der Waals surface area contributed by atoms with Crippen LogP contribution >= 0.6 is 0 Å². The Hall–Kier alpha value is -2.70. The highest BCUT2D eigenvalue weighted by Crippen LogP contribution is 2.41. The summed E-state index contributed by atoms with van der Waals surface area (Å²) in [5, 5.41) is 1.37. The average molecular weight is 392 g/mol. The van der Waals surface area contributed by atoms with E-state index in [1.165, 1.54) is 5.56 Å². The molecule has 2 heterocycles. The zero-order valence-corrected chi connectivity index (χ0v) is 16.4. The van der Waals surface area contributed by atoms with Gasteiger partial charge in [0.2, 0.25) is 10.0 Å². The quantitative estimate of drug-likeness (QED) is 0.685. The Labute approximate surface area is 164 Å². The summed E-state index contributed by atoms with van der Waals surface area (Å²) in [6.07, 6.45) is 0.707. The Kier molecular flexibility index (Phi) is 3.82. The van der Waals surface area contributed by atoms with Crippen LogP contribution in [0.5, 0.6) is 0 Å². The lowest BCUT2D eigenvalue weighted by Crippen LogP contribution is -2.36. The van der Waals surface area contributed by atoms with Gasteiger partial charge in [0.1, 0.15) is 0 Å². The Morgan fingerprint density at radius 1 is 0.964 bits per heavy atom. The summed E-state index contributed by atoms with van der Waals surface area (Å²) in [5.41, 5.74) is 3.63. The van der Waals surface area contributed by atoms with E-state index >= 15 is 0 Å². The van der Waals surface area contributed by atoms with Gasteiger partial charge in [-0.3, -0.25) is 4.79 Å². The minimum Gasteiger partial charge on any atom is -0.308 e. The number of carbonyl (C=O) groups is 1. The van der Waals surface area contributed by atoms with E-state index in [0.29, 0.717) is 37.0 Å². The van der Waals surface area contributed by atoms with Crippen molar-refractivity contribution >= 4 is 32.4 Å². The molecule has 28 heavy (non-hydrogen) atoms. The molecule has 3 aromatic carbocycles. The molecule has 5 nitrogen and oxygen atoms in total. The van der Waals surface area contributed by atoms with E-state index < -0.39 is 10.0 Å². The van der Waals surface area contributed by atoms with Crippen LogP contribution in [0.4, 0.5) is 5.69 Å². The van der Waals surface area contributed by atoms with Crippen molar-refractivity contribution in [3.05, 3.63) is 71.3 Å². The molecule has 2 aliphatic rings. The van der Waals surface area contributed by atoms with Crippen molar-refractivity contribution in [2.45, 2.75) is 24.8 Å². The van der Waals surface area contributed by atoms with Crippen LogP contribution in [-0.2, 0) is 23.0 Å². The summed E-state index contributed by atoms with van der Waals surface area (Å²) < 4.78 is 28.6. The van der Waals surface area contributed by atoms with Gasteiger partial charge in [-0.2, -0.15) is 4.31 Å². The summed E-state index contributed by atoms with van der Waals surface area (Å²) in [6, 6.07) is 16.7. The van der Waals surface area contributed by atoms with Crippen LogP contribution in [0.2, 0.25) is 0 Å². The zero-order valence-electron chi connectivity index (χ0n) is 15.6. The molecule has 0 atom stereocenters. The fourth-order valence-electron chi connectivity index (χ4n) is 4.37. The van der Waals surface area contributed by atoms with Gasteiger partial charge in [0, 0.05) is 36.0 Å². The minimum atomic E-state index is -3.68. The first-order chi connectivity index (χ1) is 13.5. The average Bonchev–Trinajstić information content (AvgIpc) is 3.00. The number of hydrogen-bond acceptors (Lipinski definition) is 3. The summed E-state index contributed by atoms with van der Waals surface area (Å²) in [5.74, 6) is -0.0652. The van der Waals surface area contributed by atoms with E-state index in [9.17, 15) is 13.2 Å². The van der Waals surface area contributed by atoms with Gasteiger partial charge in [-0.05, 0) is 42.7 Å². The molecule has 142 valence electrons. The number of hydrogen-bond donors (Lipinski definition) is 0. The lowest BCUT2D eigenvalue weighted by atomic mass is 10.0. The number of nitrogens with zero attached hydrogens (tertiary/aromatic N) is 2. The van der Waals surface area contributed by atoms with E-state index in [4.69, 9.17) is 0 Å². The number of benzene rings is 3. The van der Waals surface area contributed by atoms with Gasteiger partial charge in [0.25, 0.3) is 5.91 Å². The maximum Gasteiger partial charge on any atom is 0.258 e. The number of rotatable bonds is 3. The molecule has 0 unspecified atom stereocenters. The first-order valence-corrected chi connectivity index (χ1v) is 10.9.